The van der Waals surface area contributed by atoms with E-state index in [1.54, 1.807) is 27.8 Å². The van der Waals surface area contributed by atoms with E-state index in [9.17, 15) is 21.6 Å². The fourth-order valence-electron chi connectivity index (χ4n) is 2.46. The summed E-state index contributed by atoms with van der Waals surface area (Å²) in [6, 6.07) is -1.47. The van der Waals surface area contributed by atoms with Crippen LogP contribution < -0.4 is 5.32 Å². The molecule has 11 heteroatoms. The van der Waals surface area contributed by atoms with Crippen molar-refractivity contribution in [1.82, 2.24) is 15.1 Å². The highest BCUT2D eigenvalue weighted by Gasteiger charge is 2.41. The molecular formula is C15H30F3IN4O2S. The Morgan fingerprint density at radius 3 is 2.04 bits per heavy atom. The maximum Gasteiger partial charge on any atom is 0.403 e. The highest BCUT2D eigenvalue weighted by atomic mass is 127. The molecule has 1 aliphatic heterocycles. The molecule has 0 aromatic carbocycles. The number of guanidine groups is 1. The molecule has 1 unspecified atom stereocenters. The van der Waals surface area contributed by atoms with Gasteiger partial charge in [-0.2, -0.15) is 13.2 Å². The average Bonchev–Trinajstić information content (AvgIpc) is 2.49. The molecular weight excluding hydrogens is 484 g/mol. The molecule has 0 radical (unpaired) electrons. The number of hydrogen-bond acceptors (Lipinski definition) is 4. The van der Waals surface area contributed by atoms with Crippen LogP contribution in [0, 0.1) is 0 Å². The molecule has 1 fully saturated rings. The predicted octanol–water partition coefficient (Wildman–Crippen LogP) is 1.96. The van der Waals surface area contributed by atoms with Gasteiger partial charge in [0, 0.05) is 39.8 Å². The van der Waals surface area contributed by atoms with Gasteiger partial charge in [-0.05, 0) is 27.7 Å². The van der Waals surface area contributed by atoms with E-state index in [0.717, 1.165) is 0 Å². The van der Waals surface area contributed by atoms with Crippen LogP contribution in [-0.4, -0.2) is 86.7 Å². The van der Waals surface area contributed by atoms with Crippen molar-refractivity contribution in [3.05, 3.63) is 0 Å². The molecule has 0 aromatic heterocycles. The van der Waals surface area contributed by atoms with Gasteiger partial charge in [0.05, 0.1) is 10.5 Å². The summed E-state index contributed by atoms with van der Waals surface area (Å²) in [5.74, 6) is 0.490. The van der Waals surface area contributed by atoms with Crippen LogP contribution in [0.4, 0.5) is 13.2 Å². The number of rotatable bonds is 4. The standard InChI is InChI=1S/C15H29F3N4O2S.HI/c1-12(15(16,17)18)21-7-9-22(10-8-21)13(19-5)20-6-11-25(23,24)14(2,3)4;/h12H,6-11H2,1-5H3,(H,19,20);1H. The molecule has 0 saturated carbocycles. The molecule has 1 aliphatic rings. The van der Waals surface area contributed by atoms with Crippen molar-refractivity contribution in [3.63, 3.8) is 0 Å². The lowest BCUT2D eigenvalue weighted by atomic mass is 10.2. The molecule has 26 heavy (non-hydrogen) atoms. The summed E-state index contributed by atoms with van der Waals surface area (Å²) < 4.78 is 61.7. The third-order valence-corrected chi connectivity index (χ3v) is 7.04. The van der Waals surface area contributed by atoms with E-state index in [0.29, 0.717) is 19.0 Å². The molecule has 0 amide bonds. The Morgan fingerprint density at radius 2 is 1.65 bits per heavy atom. The molecule has 1 atom stereocenters. The molecule has 156 valence electrons. The summed E-state index contributed by atoms with van der Waals surface area (Å²) in [5.41, 5.74) is 0. The number of halogens is 4. The first-order valence-electron chi connectivity index (χ1n) is 8.28. The predicted molar refractivity (Wildman–Crippen MR) is 109 cm³/mol. The van der Waals surface area contributed by atoms with Crippen molar-refractivity contribution in [2.45, 2.75) is 44.7 Å². The van der Waals surface area contributed by atoms with Gasteiger partial charge in [0.15, 0.2) is 15.8 Å². The summed E-state index contributed by atoms with van der Waals surface area (Å²) in [6.45, 7) is 7.71. The van der Waals surface area contributed by atoms with Crippen LogP contribution in [-0.2, 0) is 9.84 Å². The summed E-state index contributed by atoms with van der Waals surface area (Å²) in [6.07, 6.45) is -4.23. The second-order valence-electron chi connectivity index (χ2n) is 7.15. The Morgan fingerprint density at radius 1 is 1.15 bits per heavy atom. The minimum absolute atomic E-state index is 0. The smallest absolute Gasteiger partial charge is 0.355 e. The zero-order valence-electron chi connectivity index (χ0n) is 15.9. The van der Waals surface area contributed by atoms with E-state index in [1.165, 1.54) is 11.8 Å². The van der Waals surface area contributed by atoms with Crippen LogP contribution in [0.3, 0.4) is 0 Å². The highest BCUT2D eigenvalue weighted by Crippen LogP contribution is 2.25. The number of aliphatic imine (C=N–C) groups is 1. The molecule has 1 rings (SSSR count). The zero-order valence-corrected chi connectivity index (χ0v) is 19.1. The SMILES string of the molecule is CN=C(NCCS(=O)(=O)C(C)(C)C)N1CCN(C(C)C(F)(F)F)CC1.I. The van der Waals surface area contributed by atoms with Gasteiger partial charge < -0.3 is 10.2 Å². The first-order valence-corrected chi connectivity index (χ1v) is 9.93. The van der Waals surface area contributed by atoms with Gasteiger partial charge in [-0.3, -0.25) is 9.89 Å². The highest BCUT2D eigenvalue weighted by molar-refractivity contribution is 14.0. The number of nitrogens with zero attached hydrogens (tertiary/aromatic N) is 3. The summed E-state index contributed by atoms with van der Waals surface area (Å²) in [5, 5.41) is 3.00. The number of piperazine rings is 1. The lowest BCUT2D eigenvalue weighted by Crippen LogP contribution is -2.57. The molecule has 6 nitrogen and oxygen atoms in total. The fraction of sp³-hybridized carbons (Fsp3) is 0.933. The van der Waals surface area contributed by atoms with Crippen LogP contribution in [0.5, 0.6) is 0 Å². The molecule has 1 N–H and O–H groups in total. The third-order valence-electron chi connectivity index (χ3n) is 4.43. The third kappa shape index (κ3) is 7.02. The minimum atomic E-state index is -4.23. The lowest BCUT2D eigenvalue weighted by Gasteiger charge is -2.39. The Labute approximate surface area is 171 Å². The summed E-state index contributed by atoms with van der Waals surface area (Å²) in [7, 11) is -1.66. The quantitative estimate of drug-likeness (QED) is 0.353. The van der Waals surface area contributed by atoms with Crippen LogP contribution in [0.15, 0.2) is 4.99 Å². The topological polar surface area (TPSA) is 65.0 Å². The summed E-state index contributed by atoms with van der Waals surface area (Å²) in [4.78, 5) is 7.36. The second-order valence-corrected chi connectivity index (χ2v) is 10.0. The minimum Gasteiger partial charge on any atom is -0.355 e. The fourth-order valence-corrected chi connectivity index (χ4v) is 3.45. The number of sulfone groups is 1. The van der Waals surface area contributed by atoms with Crippen molar-refractivity contribution in [2.24, 2.45) is 4.99 Å². The molecule has 1 heterocycles. The molecule has 0 spiro atoms. The van der Waals surface area contributed by atoms with Crippen molar-refractivity contribution in [1.29, 1.82) is 0 Å². The Kier molecular flexibility index (Phi) is 9.65. The van der Waals surface area contributed by atoms with Gasteiger partial charge in [-0.15, -0.1) is 24.0 Å². The average molecular weight is 514 g/mol. The van der Waals surface area contributed by atoms with E-state index in [-0.39, 0.29) is 49.4 Å². The van der Waals surface area contributed by atoms with E-state index in [4.69, 9.17) is 0 Å². The van der Waals surface area contributed by atoms with Crippen LogP contribution in [0.25, 0.3) is 0 Å². The normalized spacial score (nSPS) is 19.1. The van der Waals surface area contributed by atoms with Crippen LogP contribution in [0.2, 0.25) is 0 Å². The van der Waals surface area contributed by atoms with Gasteiger partial charge in [0.1, 0.15) is 6.04 Å². The van der Waals surface area contributed by atoms with E-state index in [2.05, 4.69) is 10.3 Å². The molecule has 1 saturated heterocycles. The maximum atomic E-state index is 12.8. The van der Waals surface area contributed by atoms with E-state index < -0.39 is 26.8 Å². The van der Waals surface area contributed by atoms with Gasteiger partial charge in [0.25, 0.3) is 0 Å². The van der Waals surface area contributed by atoms with Crippen LogP contribution in [0.1, 0.15) is 27.7 Å². The lowest BCUT2D eigenvalue weighted by molar-refractivity contribution is -0.181. The number of hydrogen-bond donors (Lipinski definition) is 1. The molecule has 0 bridgehead atoms. The summed E-state index contributed by atoms with van der Waals surface area (Å²) >= 11 is 0. The molecule has 0 aliphatic carbocycles. The first-order chi connectivity index (χ1) is 11.3. The number of alkyl halides is 3. The van der Waals surface area contributed by atoms with Gasteiger partial charge in [-0.1, -0.05) is 0 Å². The number of nitrogens with one attached hydrogen (secondary N) is 1. The first kappa shape index (κ1) is 25.7. The second kappa shape index (κ2) is 9.76. The van der Waals surface area contributed by atoms with E-state index in [1.807, 2.05) is 4.90 Å². The van der Waals surface area contributed by atoms with E-state index >= 15 is 0 Å². The Hall–Kier alpha value is -0.300. The van der Waals surface area contributed by atoms with Crippen molar-refractivity contribution >= 4 is 39.8 Å². The van der Waals surface area contributed by atoms with Gasteiger partial charge in [0.2, 0.25) is 0 Å². The Balaban J connectivity index is 0.00000625. The Bertz CT molecular complexity index is 568. The zero-order chi connectivity index (χ0) is 19.5. The molecule has 0 aromatic rings. The van der Waals surface area contributed by atoms with Gasteiger partial charge >= 0.3 is 6.18 Å². The van der Waals surface area contributed by atoms with Crippen molar-refractivity contribution in [2.75, 3.05) is 45.5 Å². The van der Waals surface area contributed by atoms with Gasteiger partial charge in [-0.25, -0.2) is 8.42 Å². The van der Waals surface area contributed by atoms with Crippen LogP contribution >= 0.6 is 24.0 Å². The van der Waals surface area contributed by atoms with Crippen molar-refractivity contribution in [3.8, 4) is 0 Å². The monoisotopic (exact) mass is 514 g/mol. The largest absolute Gasteiger partial charge is 0.403 e. The maximum absolute atomic E-state index is 12.8. The van der Waals surface area contributed by atoms with Crippen molar-refractivity contribution < 1.29 is 21.6 Å².